The minimum Gasteiger partial charge on any atom is -0.447 e. The maximum Gasteiger partial charge on any atom is 0.417 e. The lowest BCUT2D eigenvalue weighted by molar-refractivity contribution is -0.141. The lowest BCUT2D eigenvalue weighted by atomic mass is 10.0. The van der Waals surface area contributed by atoms with E-state index in [1.165, 1.54) is 24.2 Å². The van der Waals surface area contributed by atoms with Gasteiger partial charge in [-0.15, -0.1) is 11.3 Å². The Balaban J connectivity index is 1.34. The van der Waals surface area contributed by atoms with Gasteiger partial charge in [0.1, 0.15) is 12.7 Å². The minimum absolute atomic E-state index is 0.179. The number of carbonyl (C=O) groups excluding carboxylic acids is 3. The first-order valence-electron chi connectivity index (χ1n) is 15.5. The molecule has 230 valence electrons. The summed E-state index contributed by atoms with van der Waals surface area (Å²) in [7, 11) is 1.88. The fraction of sp³-hybridized carbons (Fsp3) is 0.457. The number of thiophene rings is 1. The number of unbranched alkanes of at least 4 members (excludes halogenated alkanes) is 4. The topological polar surface area (TPSA) is 76.2 Å². The van der Waals surface area contributed by atoms with Crippen LogP contribution in [0.15, 0.2) is 66.0 Å². The van der Waals surface area contributed by atoms with Gasteiger partial charge in [0, 0.05) is 31.4 Å². The van der Waals surface area contributed by atoms with E-state index in [4.69, 9.17) is 9.47 Å². The SMILES string of the molecule is CCCCCCCC(=O)N(C)Cc1cc(-c2ccc(C[C@H](OCC)C(=O)N3C(=O)OCC3Cc3ccccc3)cc2)cs1. The molecule has 1 fully saturated rings. The van der Waals surface area contributed by atoms with Crippen LogP contribution in [0.3, 0.4) is 0 Å². The third kappa shape index (κ3) is 9.25. The van der Waals surface area contributed by atoms with Gasteiger partial charge in [-0.1, -0.05) is 87.2 Å². The van der Waals surface area contributed by atoms with Crippen LogP contribution in [-0.2, 0) is 38.4 Å². The van der Waals surface area contributed by atoms with Crippen molar-refractivity contribution in [2.45, 2.75) is 83.9 Å². The zero-order valence-electron chi connectivity index (χ0n) is 25.6. The van der Waals surface area contributed by atoms with E-state index < -0.39 is 12.2 Å². The van der Waals surface area contributed by atoms with E-state index in [1.807, 2.05) is 73.5 Å². The second-order valence-electron chi connectivity index (χ2n) is 11.2. The fourth-order valence-electron chi connectivity index (χ4n) is 5.40. The first-order valence-corrected chi connectivity index (χ1v) is 16.3. The third-order valence-electron chi connectivity index (χ3n) is 7.83. The molecule has 0 bridgehead atoms. The van der Waals surface area contributed by atoms with Crippen molar-refractivity contribution in [3.63, 3.8) is 0 Å². The Bertz CT molecular complexity index is 1320. The molecule has 43 heavy (non-hydrogen) atoms. The van der Waals surface area contributed by atoms with Gasteiger partial charge in [0.15, 0.2) is 0 Å². The zero-order chi connectivity index (χ0) is 30.6. The number of hydrogen-bond acceptors (Lipinski definition) is 6. The molecule has 1 aromatic heterocycles. The van der Waals surface area contributed by atoms with Crippen LogP contribution in [0.1, 0.15) is 68.4 Å². The molecule has 1 aliphatic rings. The van der Waals surface area contributed by atoms with Gasteiger partial charge in [-0.2, -0.15) is 0 Å². The molecular formula is C35H44N2O5S. The summed E-state index contributed by atoms with van der Waals surface area (Å²) < 4.78 is 11.1. The van der Waals surface area contributed by atoms with Crippen molar-refractivity contribution in [2.24, 2.45) is 0 Å². The molecule has 0 spiro atoms. The van der Waals surface area contributed by atoms with Crippen LogP contribution in [0.2, 0.25) is 0 Å². The lowest BCUT2D eigenvalue weighted by Gasteiger charge is -2.25. The van der Waals surface area contributed by atoms with Crippen molar-refractivity contribution >= 4 is 29.2 Å². The second-order valence-corrected chi connectivity index (χ2v) is 12.2. The molecule has 2 atom stereocenters. The molecule has 4 rings (SSSR count). The van der Waals surface area contributed by atoms with E-state index in [0.29, 0.717) is 32.4 Å². The molecule has 1 aliphatic heterocycles. The number of ether oxygens (including phenoxy) is 2. The van der Waals surface area contributed by atoms with Gasteiger partial charge in [-0.25, -0.2) is 9.69 Å². The van der Waals surface area contributed by atoms with Gasteiger partial charge in [-0.3, -0.25) is 9.59 Å². The standard InChI is InChI=1S/C35H44N2O5S/c1-4-6-7-8-12-15-33(38)36(3)23-31-22-29(25-43-31)28-18-16-27(17-19-28)21-32(41-5-2)34(39)37-30(24-42-35(37)40)20-26-13-10-9-11-14-26/h9-11,13-14,16-19,22,25,30,32H,4-8,12,15,20-21,23-24H2,1-3H3/t30?,32-/m0/s1. The number of rotatable bonds is 16. The maximum atomic E-state index is 13.6. The molecule has 1 saturated heterocycles. The van der Waals surface area contributed by atoms with Crippen molar-refractivity contribution in [3.8, 4) is 11.1 Å². The van der Waals surface area contributed by atoms with Gasteiger partial charge in [-0.05, 0) is 53.5 Å². The molecule has 7 nitrogen and oxygen atoms in total. The molecule has 0 N–H and O–H groups in total. The second kappa shape index (κ2) is 16.4. The van der Waals surface area contributed by atoms with Crippen LogP contribution in [-0.4, -0.2) is 60.1 Å². The molecule has 1 unspecified atom stereocenters. The molecule has 3 aromatic rings. The highest BCUT2D eigenvalue weighted by atomic mass is 32.1. The van der Waals surface area contributed by atoms with Gasteiger partial charge in [0.05, 0.1) is 12.6 Å². The van der Waals surface area contributed by atoms with Crippen LogP contribution < -0.4 is 0 Å². The smallest absolute Gasteiger partial charge is 0.417 e. The van der Waals surface area contributed by atoms with Gasteiger partial charge < -0.3 is 14.4 Å². The number of carbonyl (C=O) groups is 3. The van der Waals surface area contributed by atoms with E-state index in [0.717, 1.165) is 40.0 Å². The van der Waals surface area contributed by atoms with Crippen LogP contribution in [0.4, 0.5) is 4.79 Å². The van der Waals surface area contributed by atoms with Crippen molar-refractivity contribution < 1.29 is 23.9 Å². The fourth-order valence-corrected chi connectivity index (χ4v) is 6.34. The molecule has 0 radical (unpaired) electrons. The molecular weight excluding hydrogens is 560 g/mol. The highest BCUT2D eigenvalue weighted by Gasteiger charge is 2.41. The summed E-state index contributed by atoms with van der Waals surface area (Å²) in [6.45, 7) is 5.19. The summed E-state index contributed by atoms with van der Waals surface area (Å²) in [5, 5.41) is 2.12. The Morgan fingerprint density at radius 1 is 1.00 bits per heavy atom. The van der Waals surface area contributed by atoms with E-state index in [-0.39, 0.29) is 24.5 Å². The number of imide groups is 1. The van der Waals surface area contributed by atoms with Gasteiger partial charge >= 0.3 is 6.09 Å². The maximum absolute atomic E-state index is 13.6. The Morgan fingerprint density at radius 3 is 2.47 bits per heavy atom. The van der Waals surface area contributed by atoms with Crippen molar-refractivity contribution in [1.29, 1.82) is 0 Å². The first-order chi connectivity index (χ1) is 20.9. The highest BCUT2D eigenvalue weighted by molar-refractivity contribution is 7.10. The predicted molar refractivity (Wildman–Crippen MR) is 171 cm³/mol. The molecule has 8 heteroatoms. The Labute approximate surface area is 259 Å². The van der Waals surface area contributed by atoms with Crippen LogP contribution in [0.25, 0.3) is 11.1 Å². The Kier molecular flexibility index (Phi) is 12.4. The van der Waals surface area contributed by atoms with Crippen molar-refractivity contribution in [2.75, 3.05) is 20.3 Å². The number of benzene rings is 2. The molecule has 2 heterocycles. The van der Waals surface area contributed by atoms with E-state index in [9.17, 15) is 14.4 Å². The molecule has 0 aliphatic carbocycles. The van der Waals surface area contributed by atoms with Crippen LogP contribution in [0, 0.1) is 0 Å². The van der Waals surface area contributed by atoms with Gasteiger partial charge in [0.2, 0.25) is 5.91 Å². The summed E-state index contributed by atoms with van der Waals surface area (Å²) in [6.07, 6.45) is 5.82. The number of nitrogens with zero attached hydrogens (tertiary/aromatic N) is 2. The number of amides is 3. The Morgan fingerprint density at radius 2 is 1.74 bits per heavy atom. The van der Waals surface area contributed by atoms with Gasteiger partial charge in [0.25, 0.3) is 5.91 Å². The van der Waals surface area contributed by atoms with Crippen molar-refractivity contribution in [1.82, 2.24) is 9.80 Å². The predicted octanol–water partition coefficient (Wildman–Crippen LogP) is 7.27. The summed E-state index contributed by atoms with van der Waals surface area (Å²) in [4.78, 5) is 42.9. The average molecular weight is 605 g/mol. The largest absolute Gasteiger partial charge is 0.447 e. The zero-order valence-corrected chi connectivity index (χ0v) is 26.4. The normalized spacial score (nSPS) is 15.4. The van der Waals surface area contributed by atoms with Crippen molar-refractivity contribution in [3.05, 3.63) is 82.0 Å². The summed E-state index contributed by atoms with van der Waals surface area (Å²) in [5.41, 5.74) is 4.16. The summed E-state index contributed by atoms with van der Waals surface area (Å²) in [6, 6.07) is 19.7. The number of hydrogen-bond donors (Lipinski definition) is 0. The van der Waals surface area contributed by atoms with E-state index >= 15 is 0 Å². The van der Waals surface area contributed by atoms with Crippen LogP contribution >= 0.6 is 11.3 Å². The average Bonchev–Trinajstić information content (AvgIpc) is 3.63. The summed E-state index contributed by atoms with van der Waals surface area (Å²) in [5.74, 6) is -0.167. The summed E-state index contributed by atoms with van der Waals surface area (Å²) >= 11 is 1.66. The molecule has 3 amide bonds. The number of cyclic esters (lactones) is 1. The molecule has 0 saturated carbocycles. The minimum atomic E-state index is -0.785. The quantitative estimate of drug-likeness (QED) is 0.161. The van der Waals surface area contributed by atoms with Crippen LogP contribution in [0.5, 0.6) is 0 Å². The Hall–Kier alpha value is -3.49. The highest BCUT2D eigenvalue weighted by Crippen LogP contribution is 2.28. The van der Waals surface area contributed by atoms with E-state index in [1.54, 1.807) is 11.3 Å². The van der Waals surface area contributed by atoms with E-state index in [2.05, 4.69) is 18.4 Å². The lowest BCUT2D eigenvalue weighted by Crippen LogP contribution is -2.47. The first kappa shape index (κ1) is 32.4. The monoisotopic (exact) mass is 604 g/mol. The molecule has 2 aromatic carbocycles. The third-order valence-corrected chi connectivity index (χ3v) is 8.75.